The Morgan fingerprint density at radius 3 is 2.14 bits per heavy atom. The fourth-order valence-electron chi connectivity index (χ4n) is 2.78. The van der Waals surface area contributed by atoms with Gasteiger partial charge in [0, 0.05) is 11.8 Å². The Morgan fingerprint density at radius 1 is 0.857 bits per heavy atom. The number of aromatic nitrogens is 3. The van der Waals surface area contributed by atoms with Crippen LogP contribution in [0.3, 0.4) is 0 Å². The van der Waals surface area contributed by atoms with Crippen molar-refractivity contribution in [3.05, 3.63) is 60.8 Å². The maximum absolute atomic E-state index is 6.09. The first kappa shape index (κ1) is 17.5. The van der Waals surface area contributed by atoms with Crippen molar-refractivity contribution in [2.24, 2.45) is 10.2 Å². The van der Waals surface area contributed by atoms with Crippen molar-refractivity contribution in [3.8, 4) is 22.8 Å². The van der Waals surface area contributed by atoms with Gasteiger partial charge in [0.05, 0.1) is 25.6 Å². The number of ether oxygens (including phenoxy) is 2. The third-order valence-electron chi connectivity index (χ3n) is 4.24. The van der Waals surface area contributed by atoms with E-state index in [0.29, 0.717) is 17.0 Å². The van der Waals surface area contributed by atoms with Gasteiger partial charge < -0.3 is 15.2 Å². The van der Waals surface area contributed by atoms with Crippen LogP contribution in [0.5, 0.6) is 11.5 Å². The summed E-state index contributed by atoms with van der Waals surface area (Å²) in [6, 6.07) is 16.8. The average molecular weight is 374 g/mol. The molecule has 2 aromatic carbocycles. The number of azo groups is 1. The number of rotatable bonds is 5. The van der Waals surface area contributed by atoms with Gasteiger partial charge in [-0.3, -0.25) is 0 Å². The molecule has 0 fully saturated rings. The highest BCUT2D eigenvalue weighted by molar-refractivity contribution is 5.78. The first-order chi connectivity index (χ1) is 13.7. The van der Waals surface area contributed by atoms with E-state index < -0.39 is 0 Å². The highest BCUT2D eigenvalue weighted by atomic mass is 16.5. The van der Waals surface area contributed by atoms with E-state index >= 15 is 0 Å². The van der Waals surface area contributed by atoms with Crippen molar-refractivity contribution in [2.45, 2.75) is 0 Å². The largest absolute Gasteiger partial charge is 0.497 e. The van der Waals surface area contributed by atoms with Gasteiger partial charge in [-0.2, -0.15) is 5.11 Å². The van der Waals surface area contributed by atoms with Crippen LogP contribution in [0.4, 0.5) is 17.2 Å². The quantitative estimate of drug-likeness (QED) is 0.522. The van der Waals surface area contributed by atoms with Gasteiger partial charge in [-0.25, -0.2) is 9.50 Å². The summed E-state index contributed by atoms with van der Waals surface area (Å²) >= 11 is 0. The molecule has 0 aliphatic heterocycles. The summed E-state index contributed by atoms with van der Waals surface area (Å²) in [7, 11) is 3.25. The summed E-state index contributed by atoms with van der Waals surface area (Å²) < 4.78 is 12.0. The minimum Gasteiger partial charge on any atom is -0.497 e. The summed E-state index contributed by atoms with van der Waals surface area (Å²) in [5, 5.41) is 12.9. The van der Waals surface area contributed by atoms with Crippen molar-refractivity contribution in [1.82, 2.24) is 14.6 Å². The second-order valence-electron chi connectivity index (χ2n) is 5.93. The van der Waals surface area contributed by atoms with E-state index in [1.165, 1.54) is 0 Å². The Bertz CT molecular complexity index is 1130. The third kappa shape index (κ3) is 3.23. The number of nitrogens with two attached hydrogens (primary N) is 1. The molecule has 0 saturated heterocycles. The molecule has 4 aromatic rings. The van der Waals surface area contributed by atoms with Crippen molar-refractivity contribution in [3.63, 3.8) is 0 Å². The van der Waals surface area contributed by atoms with Gasteiger partial charge in [-0.15, -0.1) is 10.2 Å². The van der Waals surface area contributed by atoms with Crippen LogP contribution >= 0.6 is 0 Å². The van der Waals surface area contributed by atoms with E-state index in [-0.39, 0.29) is 5.82 Å². The van der Waals surface area contributed by atoms with Crippen LogP contribution in [0, 0.1) is 0 Å². The highest BCUT2D eigenvalue weighted by Gasteiger charge is 2.14. The van der Waals surface area contributed by atoms with Gasteiger partial charge in [-0.1, -0.05) is 0 Å². The number of methoxy groups -OCH3 is 2. The maximum Gasteiger partial charge on any atom is 0.185 e. The van der Waals surface area contributed by atoms with Gasteiger partial charge in [0.25, 0.3) is 0 Å². The molecule has 0 unspecified atom stereocenters. The lowest BCUT2D eigenvalue weighted by atomic mass is 10.1. The van der Waals surface area contributed by atoms with Crippen molar-refractivity contribution in [1.29, 1.82) is 0 Å². The SMILES string of the molecule is COc1ccc(N=Nc2c(N)nn3c(-c4ccc(OC)cc4)ccnc23)cc1. The summed E-state index contributed by atoms with van der Waals surface area (Å²) in [4.78, 5) is 4.38. The Labute approximate surface area is 161 Å². The maximum atomic E-state index is 6.09. The molecule has 4 rings (SSSR count). The van der Waals surface area contributed by atoms with Crippen LogP contribution in [0.25, 0.3) is 16.9 Å². The van der Waals surface area contributed by atoms with Crippen LogP contribution in [0.2, 0.25) is 0 Å². The Balaban J connectivity index is 1.73. The van der Waals surface area contributed by atoms with E-state index in [2.05, 4.69) is 20.3 Å². The second-order valence-corrected chi connectivity index (χ2v) is 5.93. The molecular weight excluding hydrogens is 356 g/mol. The first-order valence-corrected chi connectivity index (χ1v) is 8.53. The van der Waals surface area contributed by atoms with E-state index in [4.69, 9.17) is 15.2 Å². The molecule has 140 valence electrons. The molecule has 0 amide bonds. The lowest BCUT2D eigenvalue weighted by Gasteiger charge is -2.05. The van der Waals surface area contributed by atoms with Gasteiger partial charge in [0.15, 0.2) is 17.2 Å². The zero-order chi connectivity index (χ0) is 19.5. The smallest absolute Gasteiger partial charge is 0.185 e. The van der Waals surface area contributed by atoms with Crippen LogP contribution in [-0.2, 0) is 0 Å². The minimum atomic E-state index is 0.255. The predicted octanol–water partition coefficient (Wildman–Crippen LogP) is 4.41. The molecule has 2 N–H and O–H groups in total. The molecule has 28 heavy (non-hydrogen) atoms. The van der Waals surface area contributed by atoms with Crippen LogP contribution < -0.4 is 15.2 Å². The van der Waals surface area contributed by atoms with Gasteiger partial charge >= 0.3 is 0 Å². The Kier molecular flexibility index (Phi) is 4.59. The van der Waals surface area contributed by atoms with Crippen molar-refractivity contribution in [2.75, 3.05) is 20.0 Å². The lowest BCUT2D eigenvalue weighted by Crippen LogP contribution is -1.96. The molecule has 2 heterocycles. The third-order valence-corrected chi connectivity index (χ3v) is 4.24. The number of nitrogen functional groups attached to an aromatic ring is 1. The zero-order valence-electron chi connectivity index (χ0n) is 15.4. The molecule has 2 aromatic heterocycles. The average Bonchev–Trinajstić information content (AvgIpc) is 3.07. The predicted molar refractivity (Wildman–Crippen MR) is 107 cm³/mol. The summed E-state index contributed by atoms with van der Waals surface area (Å²) in [5.74, 6) is 1.79. The standard InChI is InChI=1S/C20H18N6O2/c1-27-15-7-3-13(4-8-15)17-11-12-22-20-18(19(21)25-26(17)20)24-23-14-5-9-16(28-2)10-6-14/h3-12H,1-2H3,(H2,21,25). The minimum absolute atomic E-state index is 0.255. The molecule has 0 bridgehead atoms. The van der Waals surface area contributed by atoms with Crippen LogP contribution in [0.15, 0.2) is 71.0 Å². The molecule has 0 spiro atoms. The van der Waals surface area contributed by atoms with E-state index in [1.54, 1.807) is 37.1 Å². The fraction of sp³-hybridized carbons (Fsp3) is 0.100. The number of anilines is 1. The molecule has 0 saturated carbocycles. The summed E-state index contributed by atoms with van der Waals surface area (Å²) in [5.41, 5.74) is 9.51. The van der Waals surface area contributed by atoms with Crippen LogP contribution in [0.1, 0.15) is 0 Å². The molecule has 0 atom stereocenters. The highest BCUT2D eigenvalue weighted by Crippen LogP contribution is 2.31. The van der Waals surface area contributed by atoms with Gasteiger partial charge in [-0.05, 0) is 54.6 Å². The van der Waals surface area contributed by atoms with Crippen molar-refractivity contribution >= 4 is 22.8 Å². The molecule has 8 nitrogen and oxygen atoms in total. The lowest BCUT2D eigenvalue weighted by molar-refractivity contribution is 0.414. The molecule has 8 heteroatoms. The molecule has 0 radical (unpaired) electrons. The summed E-state index contributed by atoms with van der Waals surface area (Å²) in [6.07, 6.45) is 1.70. The Morgan fingerprint density at radius 2 is 1.50 bits per heavy atom. The zero-order valence-corrected chi connectivity index (χ0v) is 15.4. The van der Waals surface area contributed by atoms with Crippen molar-refractivity contribution < 1.29 is 9.47 Å². The Hall–Kier alpha value is -3.94. The number of hydrogen-bond donors (Lipinski definition) is 1. The fourth-order valence-corrected chi connectivity index (χ4v) is 2.78. The molecular formula is C20H18N6O2. The topological polar surface area (TPSA) is 99.4 Å². The number of hydrogen-bond acceptors (Lipinski definition) is 7. The number of nitrogens with zero attached hydrogens (tertiary/aromatic N) is 5. The number of fused-ring (bicyclic) bond motifs is 1. The van der Waals surface area contributed by atoms with Gasteiger partial charge in [0.2, 0.25) is 0 Å². The molecule has 0 aliphatic rings. The number of benzene rings is 2. The van der Waals surface area contributed by atoms with E-state index in [1.807, 2.05) is 42.5 Å². The monoisotopic (exact) mass is 374 g/mol. The normalized spacial score (nSPS) is 11.2. The summed E-state index contributed by atoms with van der Waals surface area (Å²) in [6.45, 7) is 0. The van der Waals surface area contributed by atoms with Gasteiger partial charge in [0.1, 0.15) is 11.5 Å². The van der Waals surface area contributed by atoms with E-state index in [0.717, 1.165) is 22.8 Å². The first-order valence-electron chi connectivity index (χ1n) is 8.53. The van der Waals surface area contributed by atoms with Crippen LogP contribution in [-0.4, -0.2) is 28.8 Å². The second kappa shape index (κ2) is 7.36. The molecule has 0 aliphatic carbocycles. The van der Waals surface area contributed by atoms with E-state index in [9.17, 15) is 0 Å².